The van der Waals surface area contributed by atoms with E-state index in [1.807, 2.05) is 19.2 Å². The first-order valence-electron chi connectivity index (χ1n) is 7.52. The van der Waals surface area contributed by atoms with Gasteiger partial charge in [0.25, 0.3) is 0 Å². The molecule has 22 heavy (non-hydrogen) atoms. The molecule has 0 fully saturated rings. The summed E-state index contributed by atoms with van der Waals surface area (Å²) in [6.07, 6.45) is 2.71. The number of hydrogen-bond acceptors (Lipinski definition) is 4. The van der Waals surface area contributed by atoms with E-state index in [2.05, 4.69) is 50.9 Å². The monoisotopic (exact) mass is 317 g/mol. The van der Waals surface area contributed by atoms with E-state index in [1.165, 1.54) is 5.56 Å². The minimum Gasteiger partial charge on any atom is -0.357 e. The molecule has 2 rings (SSSR count). The fourth-order valence-electron chi connectivity index (χ4n) is 2.01. The Kier molecular flexibility index (Phi) is 6.33. The molecule has 6 heteroatoms. The van der Waals surface area contributed by atoms with Crippen LogP contribution in [0, 0.1) is 13.8 Å². The maximum absolute atomic E-state index is 4.60. The number of aryl methyl sites for hydroxylation is 2. The van der Waals surface area contributed by atoms with E-state index >= 15 is 0 Å². The van der Waals surface area contributed by atoms with Gasteiger partial charge in [0, 0.05) is 31.1 Å². The van der Waals surface area contributed by atoms with Crippen molar-refractivity contribution in [2.24, 2.45) is 4.99 Å². The molecule has 118 valence electrons. The summed E-state index contributed by atoms with van der Waals surface area (Å²) in [4.78, 5) is 13.4. The second-order valence-corrected chi connectivity index (χ2v) is 6.06. The minimum absolute atomic E-state index is 0.581. The van der Waals surface area contributed by atoms with Crippen LogP contribution in [0.25, 0.3) is 0 Å². The Morgan fingerprint density at radius 1 is 1.32 bits per heavy atom. The van der Waals surface area contributed by atoms with Crippen LogP contribution in [-0.4, -0.2) is 29.0 Å². The molecule has 0 radical (unpaired) electrons. The van der Waals surface area contributed by atoms with Crippen LogP contribution in [0.2, 0.25) is 0 Å². The normalized spacial score (nSPS) is 11.5. The lowest BCUT2D eigenvalue weighted by atomic mass is 10.2. The third-order valence-corrected chi connectivity index (χ3v) is 4.01. The molecule has 2 aromatic rings. The predicted molar refractivity (Wildman–Crippen MR) is 92.3 cm³/mol. The van der Waals surface area contributed by atoms with Crippen molar-refractivity contribution in [2.75, 3.05) is 13.1 Å². The number of rotatable bonds is 6. The van der Waals surface area contributed by atoms with Gasteiger partial charge in [-0.15, -0.1) is 11.3 Å². The number of nitrogens with one attached hydrogen (secondary N) is 2. The molecule has 0 amide bonds. The van der Waals surface area contributed by atoms with Crippen molar-refractivity contribution in [1.29, 1.82) is 0 Å². The highest BCUT2D eigenvalue weighted by molar-refractivity contribution is 7.09. The molecule has 0 aliphatic carbocycles. The first kappa shape index (κ1) is 16.4. The lowest BCUT2D eigenvalue weighted by molar-refractivity contribution is 0.787. The minimum atomic E-state index is 0.581. The van der Waals surface area contributed by atoms with Crippen molar-refractivity contribution in [3.63, 3.8) is 0 Å². The Morgan fingerprint density at radius 2 is 2.18 bits per heavy atom. The number of guanidine groups is 1. The number of hydrogen-bond donors (Lipinski definition) is 2. The van der Waals surface area contributed by atoms with Gasteiger partial charge in [0.1, 0.15) is 0 Å². The Bertz CT molecular complexity index is 621. The third-order valence-electron chi connectivity index (χ3n) is 3.19. The molecule has 0 aromatic carbocycles. The molecule has 0 saturated heterocycles. The van der Waals surface area contributed by atoms with Gasteiger partial charge < -0.3 is 10.6 Å². The Labute approximate surface area is 135 Å². The van der Waals surface area contributed by atoms with Gasteiger partial charge in [-0.25, -0.2) is 9.98 Å². The molecule has 0 unspecified atom stereocenters. The summed E-state index contributed by atoms with van der Waals surface area (Å²) in [5.41, 5.74) is 3.31. The second kappa shape index (κ2) is 8.48. The number of aliphatic imine (C=N–C) groups is 1. The van der Waals surface area contributed by atoms with Crippen molar-refractivity contribution < 1.29 is 0 Å². The molecule has 0 spiro atoms. The summed E-state index contributed by atoms with van der Waals surface area (Å²) >= 11 is 1.69. The first-order chi connectivity index (χ1) is 10.7. The third kappa shape index (κ3) is 5.11. The van der Waals surface area contributed by atoms with Gasteiger partial charge in [0.2, 0.25) is 0 Å². The zero-order valence-electron chi connectivity index (χ0n) is 13.4. The van der Waals surface area contributed by atoms with Crippen molar-refractivity contribution in [3.8, 4) is 0 Å². The topological polar surface area (TPSA) is 62.2 Å². The van der Waals surface area contributed by atoms with E-state index in [1.54, 1.807) is 11.3 Å². The zero-order chi connectivity index (χ0) is 15.8. The summed E-state index contributed by atoms with van der Waals surface area (Å²) < 4.78 is 0. The summed E-state index contributed by atoms with van der Waals surface area (Å²) in [5, 5.41) is 9.82. The maximum atomic E-state index is 4.60. The van der Waals surface area contributed by atoms with Gasteiger partial charge in [0.15, 0.2) is 5.96 Å². The highest BCUT2D eigenvalue weighted by Crippen LogP contribution is 2.08. The van der Waals surface area contributed by atoms with Crippen molar-refractivity contribution >= 4 is 17.3 Å². The number of nitrogens with zero attached hydrogens (tertiary/aromatic N) is 3. The molecule has 0 saturated carbocycles. The van der Waals surface area contributed by atoms with Crippen LogP contribution in [0.15, 0.2) is 28.7 Å². The van der Waals surface area contributed by atoms with Crippen LogP contribution in [0.3, 0.4) is 0 Å². The van der Waals surface area contributed by atoms with E-state index in [9.17, 15) is 0 Å². The largest absolute Gasteiger partial charge is 0.357 e. The Balaban J connectivity index is 1.88. The molecule has 2 aromatic heterocycles. The quantitative estimate of drug-likeness (QED) is 0.634. The average Bonchev–Trinajstić information content (AvgIpc) is 2.92. The van der Waals surface area contributed by atoms with Gasteiger partial charge in [0.05, 0.1) is 22.9 Å². The predicted octanol–water partition coefficient (Wildman–Crippen LogP) is 2.45. The van der Waals surface area contributed by atoms with E-state index in [4.69, 9.17) is 0 Å². The van der Waals surface area contributed by atoms with Crippen LogP contribution in [-0.2, 0) is 13.0 Å². The molecule has 2 N–H and O–H groups in total. The zero-order valence-corrected chi connectivity index (χ0v) is 14.2. The van der Waals surface area contributed by atoms with E-state index in [0.29, 0.717) is 6.54 Å². The van der Waals surface area contributed by atoms with E-state index in [-0.39, 0.29) is 0 Å². The summed E-state index contributed by atoms with van der Waals surface area (Å²) in [6.45, 7) is 8.38. The van der Waals surface area contributed by atoms with Crippen molar-refractivity contribution in [1.82, 2.24) is 20.6 Å². The molecular formula is C16H23N5S. The van der Waals surface area contributed by atoms with E-state index < -0.39 is 0 Å². The number of thiazole rings is 1. The molecule has 0 bridgehead atoms. The average molecular weight is 317 g/mol. The molecule has 0 aliphatic rings. The van der Waals surface area contributed by atoms with Crippen molar-refractivity contribution in [3.05, 3.63) is 45.7 Å². The van der Waals surface area contributed by atoms with Gasteiger partial charge in [-0.3, -0.25) is 4.98 Å². The van der Waals surface area contributed by atoms with Crippen LogP contribution in [0.4, 0.5) is 0 Å². The molecule has 5 nitrogen and oxygen atoms in total. The Morgan fingerprint density at radius 3 is 2.86 bits per heavy atom. The smallest absolute Gasteiger partial charge is 0.191 e. The molecule has 0 aliphatic heterocycles. The van der Waals surface area contributed by atoms with Crippen LogP contribution >= 0.6 is 11.3 Å². The fraction of sp³-hybridized carbons (Fsp3) is 0.438. The summed E-state index contributed by atoms with van der Waals surface area (Å²) in [7, 11) is 0. The first-order valence-corrected chi connectivity index (χ1v) is 8.40. The molecule has 0 atom stereocenters. The van der Waals surface area contributed by atoms with Gasteiger partial charge in [-0.2, -0.15) is 0 Å². The van der Waals surface area contributed by atoms with Crippen LogP contribution in [0.5, 0.6) is 0 Å². The van der Waals surface area contributed by atoms with Crippen LogP contribution < -0.4 is 10.6 Å². The lowest BCUT2D eigenvalue weighted by Gasteiger charge is -2.11. The number of aromatic nitrogens is 2. The van der Waals surface area contributed by atoms with E-state index in [0.717, 1.165) is 41.9 Å². The van der Waals surface area contributed by atoms with Gasteiger partial charge in [-0.05, 0) is 32.4 Å². The molecular weight excluding hydrogens is 294 g/mol. The maximum Gasteiger partial charge on any atom is 0.191 e. The van der Waals surface area contributed by atoms with Crippen molar-refractivity contribution in [2.45, 2.75) is 33.7 Å². The summed E-state index contributed by atoms with van der Waals surface area (Å²) in [5.74, 6) is 0.819. The van der Waals surface area contributed by atoms with Gasteiger partial charge >= 0.3 is 0 Å². The van der Waals surface area contributed by atoms with Gasteiger partial charge in [-0.1, -0.05) is 6.07 Å². The molecule has 2 heterocycles. The summed E-state index contributed by atoms with van der Waals surface area (Å²) in [6, 6.07) is 4.00. The lowest BCUT2D eigenvalue weighted by Crippen LogP contribution is -2.38. The highest BCUT2D eigenvalue weighted by atomic mass is 32.1. The van der Waals surface area contributed by atoms with Crippen LogP contribution in [0.1, 0.15) is 28.9 Å². The fourth-order valence-corrected chi connectivity index (χ4v) is 2.66. The SMILES string of the molecule is CCNC(=NCc1ncccc1C)NCCc1csc(C)n1. The standard InChI is InChI=1S/C16H23N5S/c1-4-17-16(19-9-7-14-11-22-13(3)21-14)20-10-15-12(2)6-5-8-18-15/h5-6,8,11H,4,7,9-10H2,1-3H3,(H2,17,19,20). The Hall–Kier alpha value is -1.95. The second-order valence-electron chi connectivity index (χ2n) is 5.00. The highest BCUT2D eigenvalue weighted by Gasteiger charge is 2.02. The number of pyridine rings is 1.